The number of carboxylic acid groups (broad SMARTS) is 1. The molecule has 2 fully saturated rings. The highest BCUT2D eigenvalue weighted by atomic mass is 16.7. The Morgan fingerprint density at radius 2 is 1.48 bits per heavy atom. The number of carboxylic acids is 1. The van der Waals surface area contributed by atoms with E-state index >= 15 is 0 Å². The quantitative estimate of drug-likeness (QED) is 0.623. The van der Waals surface area contributed by atoms with E-state index in [-0.39, 0.29) is 6.42 Å². The minimum Gasteiger partial charge on any atom is -0.547 e. The molecule has 1 amide bonds. The van der Waals surface area contributed by atoms with Crippen LogP contribution < -0.4 is 15.9 Å². The first-order valence-corrected chi connectivity index (χ1v) is 11.4. The van der Waals surface area contributed by atoms with Crippen LogP contribution in [0.4, 0.5) is 4.79 Å². The van der Waals surface area contributed by atoms with E-state index in [4.69, 9.17) is 4.74 Å². The molecule has 0 saturated heterocycles. The van der Waals surface area contributed by atoms with E-state index in [0.29, 0.717) is 6.42 Å². The van der Waals surface area contributed by atoms with Gasteiger partial charge in [0.25, 0.3) is 0 Å². The van der Waals surface area contributed by atoms with Crippen molar-refractivity contribution < 1.29 is 29.6 Å². The van der Waals surface area contributed by atoms with Crippen molar-refractivity contribution in [1.82, 2.24) is 5.48 Å². The van der Waals surface area contributed by atoms with E-state index in [2.05, 4.69) is 10.2 Å². The average molecular weight is 415 g/mol. The van der Waals surface area contributed by atoms with Crippen molar-refractivity contribution in [3.05, 3.63) is 0 Å². The van der Waals surface area contributed by atoms with E-state index in [1.54, 1.807) is 27.7 Å². The summed E-state index contributed by atoms with van der Waals surface area (Å²) in [4.78, 5) is 26.3. The molecule has 2 saturated carbocycles. The van der Waals surface area contributed by atoms with Crippen molar-refractivity contribution in [2.75, 3.05) is 0 Å². The van der Waals surface area contributed by atoms with Gasteiger partial charge in [-0.05, 0) is 78.6 Å². The van der Waals surface area contributed by atoms with E-state index in [1.807, 2.05) is 5.48 Å². The van der Waals surface area contributed by atoms with Gasteiger partial charge in [-0.2, -0.15) is 5.48 Å². The number of hydroxylamine groups is 1. The van der Waals surface area contributed by atoms with Gasteiger partial charge in [0.2, 0.25) is 0 Å². The zero-order valence-electron chi connectivity index (χ0n) is 18.8. The summed E-state index contributed by atoms with van der Waals surface area (Å²) in [6.07, 6.45) is 13.8. The van der Waals surface area contributed by atoms with E-state index in [0.717, 1.165) is 12.1 Å². The summed E-state index contributed by atoms with van der Waals surface area (Å²) in [5, 5.41) is 13.3. The maximum Gasteiger partial charge on any atom is 0.431 e. The molecule has 7 heteroatoms. The van der Waals surface area contributed by atoms with Gasteiger partial charge in [0.1, 0.15) is 11.7 Å². The average Bonchev–Trinajstić information content (AvgIpc) is 2.66. The first kappa shape index (κ1) is 25.7. The number of aliphatic carboxylic acids is 1. The number of hydrogen-bond acceptors (Lipinski definition) is 5. The molecule has 0 aromatic rings. The highest BCUT2D eigenvalue weighted by Gasteiger charge is 2.22. The van der Waals surface area contributed by atoms with Gasteiger partial charge in [0, 0.05) is 0 Å². The Kier molecular flexibility index (Phi) is 12.2. The molecule has 3 N–H and O–H groups in total. The molecule has 0 bridgehead atoms. The minimum absolute atomic E-state index is 0.262. The number of quaternary nitrogens is 1. The van der Waals surface area contributed by atoms with Crippen LogP contribution in [0.5, 0.6) is 0 Å². The number of hydrogen-bond donors (Lipinski definition) is 2. The van der Waals surface area contributed by atoms with Crippen LogP contribution in [0.2, 0.25) is 0 Å². The van der Waals surface area contributed by atoms with E-state index in [1.165, 1.54) is 64.2 Å². The Balaban J connectivity index is 0.000000294. The lowest BCUT2D eigenvalue weighted by molar-refractivity contribution is -0.725. The van der Waals surface area contributed by atoms with Crippen LogP contribution in [-0.4, -0.2) is 35.9 Å². The molecule has 0 aliphatic heterocycles. The number of ether oxygens (including phenoxy) is 1. The van der Waals surface area contributed by atoms with Gasteiger partial charge in [-0.25, -0.2) is 4.79 Å². The molecule has 2 aliphatic carbocycles. The Bertz CT molecular complexity index is 450. The summed E-state index contributed by atoms with van der Waals surface area (Å²) in [7, 11) is 0. The Morgan fingerprint density at radius 3 is 1.86 bits per heavy atom. The topological polar surface area (TPSA) is 104 Å². The second kappa shape index (κ2) is 13.8. The Morgan fingerprint density at radius 1 is 1.00 bits per heavy atom. The summed E-state index contributed by atoms with van der Waals surface area (Å²) >= 11 is 0. The first-order chi connectivity index (χ1) is 13.7. The smallest absolute Gasteiger partial charge is 0.431 e. The van der Waals surface area contributed by atoms with Gasteiger partial charge in [-0.15, -0.1) is 0 Å². The second-order valence-electron chi connectivity index (χ2n) is 9.31. The Labute approximate surface area is 176 Å². The molecule has 1 atom stereocenters. The van der Waals surface area contributed by atoms with E-state index in [9.17, 15) is 14.7 Å². The van der Waals surface area contributed by atoms with Crippen LogP contribution >= 0.6 is 0 Å². The highest BCUT2D eigenvalue weighted by molar-refractivity contribution is 5.71. The fraction of sp³-hybridized carbons (Fsp3) is 0.909. The lowest BCUT2D eigenvalue weighted by atomic mass is 9.91. The van der Waals surface area contributed by atoms with Crippen molar-refractivity contribution in [3.63, 3.8) is 0 Å². The SMILES string of the molecule is C1CCC([NH2+]C2CCCCC2)CC1.CCCC(ONC(=O)OC(C)(C)C)C(=O)[O-]. The van der Waals surface area contributed by atoms with Gasteiger partial charge in [-0.1, -0.05) is 26.2 Å². The van der Waals surface area contributed by atoms with Gasteiger partial charge in [0.05, 0.1) is 18.1 Å². The highest BCUT2D eigenvalue weighted by Crippen LogP contribution is 2.18. The van der Waals surface area contributed by atoms with Gasteiger partial charge in [-0.3, -0.25) is 4.84 Å². The van der Waals surface area contributed by atoms with Crippen molar-refractivity contribution in [1.29, 1.82) is 0 Å². The molecule has 2 rings (SSSR count). The number of nitrogens with two attached hydrogens (primary N) is 1. The summed E-state index contributed by atoms with van der Waals surface area (Å²) in [5.74, 6) is -1.36. The molecule has 0 radical (unpaired) electrons. The fourth-order valence-corrected chi connectivity index (χ4v) is 3.94. The van der Waals surface area contributed by atoms with Crippen molar-refractivity contribution in [2.45, 2.75) is 129 Å². The van der Waals surface area contributed by atoms with Crippen LogP contribution in [0, 0.1) is 0 Å². The molecule has 0 aromatic carbocycles. The molecule has 29 heavy (non-hydrogen) atoms. The molecule has 0 aromatic heterocycles. The molecule has 0 spiro atoms. The third-order valence-electron chi connectivity index (χ3n) is 5.34. The number of carbonyl (C=O) groups excluding carboxylic acids is 2. The second-order valence-corrected chi connectivity index (χ2v) is 9.31. The molecular weight excluding hydrogens is 372 g/mol. The third-order valence-corrected chi connectivity index (χ3v) is 5.34. The lowest BCUT2D eigenvalue weighted by Gasteiger charge is -2.27. The third kappa shape index (κ3) is 12.7. The van der Waals surface area contributed by atoms with Gasteiger partial charge < -0.3 is 20.0 Å². The molecule has 2 aliphatic rings. The molecular formula is C22H42N2O5. The molecule has 7 nitrogen and oxygen atoms in total. The normalized spacial score (nSPS) is 19.6. The van der Waals surface area contributed by atoms with Crippen LogP contribution in [0.3, 0.4) is 0 Å². The predicted molar refractivity (Wildman–Crippen MR) is 110 cm³/mol. The van der Waals surface area contributed by atoms with Crippen molar-refractivity contribution in [2.24, 2.45) is 0 Å². The molecule has 170 valence electrons. The first-order valence-electron chi connectivity index (χ1n) is 11.4. The van der Waals surface area contributed by atoms with Crippen molar-refractivity contribution in [3.8, 4) is 0 Å². The molecule has 0 heterocycles. The zero-order chi connectivity index (χ0) is 21.7. The predicted octanol–water partition coefficient (Wildman–Crippen LogP) is 2.58. The number of rotatable bonds is 7. The maximum absolute atomic E-state index is 11.1. The minimum atomic E-state index is -1.36. The van der Waals surface area contributed by atoms with Crippen LogP contribution in [0.15, 0.2) is 0 Å². The van der Waals surface area contributed by atoms with Gasteiger partial charge >= 0.3 is 6.09 Å². The largest absolute Gasteiger partial charge is 0.547 e. The van der Waals surface area contributed by atoms with Crippen LogP contribution in [0.25, 0.3) is 0 Å². The molecule has 1 unspecified atom stereocenters. The Hall–Kier alpha value is -1.34. The lowest BCUT2D eigenvalue weighted by Crippen LogP contribution is -2.95. The van der Waals surface area contributed by atoms with Gasteiger partial charge in [0.15, 0.2) is 0 Å². The summed E-state index contributed by atoms with van der Waals surface area (Å²) in [5.41, 5.74) is 1.27. The standard InChI is InChI=1S/C12H23N.C10H19NO5/c1-3-7-11(8-4-1)13-12-9-5-2-6-10-12;1-5-6-7(8(12)13)16-11-9(14)15-10(2,3)4/h11-13H,1-10H2;7H,5-6H2,1-4H3,(H,11,14)(H,12,13). The van der Waals surface area contributed by atoms with E-state index < -0.39 is 23.8 Å². The summed E-state index contributed by atoms with van der Waals surface area (Å²) < 4.78 is 4.86. The fourth-order valence-electron chi connectivity index (χ4n) is 3.94. The van der Waals surface area contributed by atoms with Crippen LogP contribution in [-0.2, 0) is 14.4 Å². The van der Waals surface area contributed by atoms with Crippen LogP contribution in [0.1, 0.15) is 105 Å². The number of amides is 1. The number of nitrogens with one attached hydrogen (secondary N) is 1. The maximum atomic E-state index is 11.1. The van der Waals surface area contributed by atoms with Crippen molar-refractivity contribution >= 4 is 12.1 Å². The summed E-state index contributed by atoms with van der Waals surface area (Å²) in [6.45, 7) is 6.87. The number of carbonyl (C=O) groups is 2. The zero-order valence-corrected chi connectivity index (χ0v) is 18.8. The summed E-state index contributed by atoms with van der Waals surface area (Å²) in [6, 6.07) is 1.99. The monoisotopic (exact) mass is 414 g/mol.